The Hall–Kier alpha value is -8.36. The van der Waals surface area contributed by atoms with Crippen LogP contribution in [0.1, 0.15) is 69.5 Å². The summed E-state index contributed by atoms with van der Waals surface area (Å²) in [6, 6.07) is 47.8. The van der Waals surface area contributed by atoms with Gasteiger partial charge in [0, 0.05) is 60.6 Å². The normalized spacial score (nSPS) is 10.8. The molecule has 0 amide bonds. The monoisotopic (exact) mass is 1510 g/mol. The highest BCUT2D eigenvalue weighted by Crippen LogP contribution is 2.25. The molecule has 0 spiro atoms. The summed E-state index contributed by atoms with van der Waals surface area (Å²) in [5, 5.41) is 8.63. The van der Waals surface area contributed by atoms with Gasteiger partial charge in [-0.25, -0.2) is 48.1 Å². The van der Waals surface area contributed by atoms with E-state index in [4.69, 9.17) is 21.5 Å². The number of carboxylic acid groups (broad SMARTS) is 1. The molecule has 502 valence electrons. The SMILES string of the molecule is C=CC(=O)OC.CC.COC(=O)/C=C/c1cccc(S(=O)(=O)Nc2cc(C)cc(C)c2)c1.Cc1cc(C)cc(N)c1.Cc1cc(C)cc(NS(=O)(=O)c2cccc(/C=C/C(=O)O)c2)c1.Cc1cc(C)cc(NS(=O)(=O)c2cccc(Br)c2)c1.O=S(=O)(Cl)c1cccc(Br)c1. The molecule has 0 saturated heterocycles. The summed E-state index contributed by atoms with van der Waals surface area (Å²) in [5.74, 6) is -1.99. The first-order valence-electron chi connectivity index (χ1n) is 28.1. The van der Waals surface area contributed by atoms with Crippen molar-refractivity contribution < 1.29 is 62.6 Å². The maximum atomic E-state index is 12.5. The van der Waals surface area contributed by atoms with Crippen molar-refractivity contribution in [3.8, 4) is 0 Å². The number of nitrogen functional groups attached to an aromatic ring is 1. The number of hydrogen-bond donors (Lipinski definition) is 5. The predicted molar refractivity (Wildman–Crippen MR) is 386 cm³/mol. The molecule has 0 aliphatic heterocycles. The Morgan fingerprint density at radius 3 is 1.00 bits per heavy atom. The van der Waals surface area contributed by atoms with Crippen LogP contribution in [-0.2, 0) is 63.0 Å². The van der Waals surface area contributed by atoms with E-state index in [-0.39, 0.29) is 19.6 Å². The van der Waals surface area contributed by atoms with Crippen LogP contribution in [0.2, 0.25) is 0 Å². The predicted octanol–water partition coefficient (Wildman–Crippen LogP) is 16.0. The van der Waals surface area contributed by atoms with E-state index in [0.29, 0.717) is 32.7 Å². The molecule has 0 atom stereocenters. The number of hydrogen-bond acceptors (Lipinski definition) is 14. The smallest absolute Gasteiger partial charge is 0.330 e. The number of halogens is 3. The van der Waals surface area contributed by atoms with E-state index >= 15 is 0 Å². The van der Waals surface area contributed by atoms with Crippen LogP contribution in [0.5, 0.6) is 0 Å². The number of ether oxygens (including phenoxy) is 2. The second kappa shape index (κ2) is 39.4. The fourth-order valence-electron chi connectivity index (χ4n) is 8.06. The number of anilines is 4. The lowest BCUT2D eigenvalue weighted by molar-refractivity contribution is -0.135. The fourth-order valence-corrected chi connectivity index (χ4v) is 13.2. The van der Waals surface area contributed by atoms with Crippen molar-refractivity contribution in [2.24, 2.45) is 0 Å². The topological polar surface area (TPSA) is 289 Å². The summed E-state index contributed by atoms with van der Waals surface area (Å²) >= 11 is 6.40. The van der Waals surface area contributed by atoms with Gasteiger partial charge in [0.2, 0.25) is 0 Å². The van der Waals surface area contributed by atoms with Crippen molar-refractivity contribution in [2.75, 3.05) is 34.1 Å². The molecule has 0 saturated carbocycles. The Kier molecular flexibility index (Phi) is 34.2. The quantitative estimate of drug-likeness (QED) is 0.0276. The van der Waals surface area contributed by atoms with Crippen LogP contribution >= 0.6 is 42.5 Å². The highest BCUT2D eigenvalue weighted by atomic mass is 79.9. The molecule has 94 heavy (non-hydrogen) atoms. The first-order chi connectivity index (χ1) is 43.9. The Labute approximate surface area is 574 Å². The average Bonchev–Trinajstić information content (AvgIpc) is 0.993. The standard InChI is InChI=1S/C18H19NO4S.C17H17NO4S.C14H14BrNO2S.C8H11N.C6H4BrClO2S.C4H6O2.C2H6/c1-13-9-14(2)11-16(10-13)19-24(21,22)17-6-4-5-15(12-17)7-8-18(20)23-3;1-12-8-13(2)10-15(9-12)18-23(21,22)16-5-3-4-14(11-16)6-7-17(19)20;1-10-6-11(2)8-13(7-10)16-19(17,18)14-5-3-4-12(15)9-14;1-6-3-7(2)5-8(9)4-6;7-5-2-1-3-6(4-5)11(8,9)10;1-3-4(5)6-2;1-2/h4-12,19H,1-3H3;3-11,18H,1-2H3,(H,19,20);3-9,16H,1-2H3;3-5H,9H2,1-2H3;1-4H;3H,1H2,2H3;1-2H3/b8-7+;7-6+;;;;;. The van der Waals surface area contributed by atoms with Gasteiger partial charge in [-0.05, 0) is 232 Å². The summed E-state index contributed by atoms with van der Waals surface area (Å²) in [7, 11) is -6.91. The molecule has 8 aromatic carbocycles. The van der Waals surface area contributed by atoms with Crippen molar-refractivity contribution in [1.82, 2.24) is 0 Å². The van der Waals surface area contributed by atoms with Crippen LogP contribution in [0.25, 0.3) is 12.2 Å². The number of esters is 2. The summed E-state index contributed by atoms with van der Waals surface area (Å²) in [4.78, 5) is 32.0. The largest absolute Gasteiger partial charge is 0.478 e. The highest BCUT2D eigenvalue weighted by molar-refractivity contribution is 9.10. The Morgan fingerprint density at radius 1 is 0.447 bits per heavy atom. The molecule has 0 aliphatic rings. The minimum atomic E-state index is -3.74. The van der Waals surface area contributed by atoms with Crippen molar-refractivity contribution in [2.45, 2.75) is 88.8 Å². The minimum absolute atomic E-state index is 0.0733. The van der Waals surface area contributed by atoms with Crippen LogP contribution in [0.3, 0.4) is 0 Å². The number of nitrogens with one attached hydrogen (secondary N) is 3. The number of aliphatic carboxylic acids is 1. The van der Waals surface area contributed by atoms with E-state index < -0.39 is 57.0 Å². The number of rotatable bonds is 15. The van der Waals surface area contributed by atoms with Gasteiger partial charge in [0.15, 0.2) is 0 Å². The number of sulfonamides is 3. The third-order valence-corrected chi connectivity index (χ3v) is 18.1. The number of carbonyl (C=O) groups is 3. The number of aryl methyl sites for hydroxylation is 8. The van der Waals surface area contributed by atoms with E-state index in [0.717, 1.165) is 55.7 Å². The van der Waals surface area contributed by atoms with Gasteiger partial charge in [-0.3, -0.25) is 14.2 Å². The van der Waals surface area contributed by atoms with Crippen molar-refractivity contribution >= 4 is 134 Å². The lowest BCUT2D eigenvalue weighted by Crippen LogP contribution is -2.13. The molecule has 18 nitrogen and oxygen atoms in total. The second-order valence-corrected chi connectivity index (χ2v) is 29.6. The van der Waals surface area contributed by atoms with E-state index in [1.807, 2.05) is 112 Å². The molecule has 0 aromatic heterocycles. The molecule has 6 N–H and O–H groups in total. The molecule has 0 radical (unpaired) electrons. The van der Waals surface area contributed by atoms with Gasteiger partial charge in [0.25, 0.3) is 39.1 Å². The van der Waals surface area contributed by atoms with E-state index in [2.05, 4.69) is 68.1 Å². The third-order valence-electron chi connectivity index (χ3n) is 11.6. The maximum Gasteiger partial charge on any atom is 0.330 e. The Morgan fingerprint density at radius 2 is 0.734 bits per heavy atom. The van der Waals surface area contributed by atoms with Crippen LogP contribution in [0, 0.1) is 55.4 Å². The van der Waals surface area contributed by atoms with Gasteiger partial charge < -0.3 is 20.3 Å². The summed E-state index contributed by atoms with van der Waals surface area (Å²) in [6.45, 7) is 22.7. The Bertz CT molecular complexity index is 4340. The van der Waals surface area contributed by atoms with Crippen molar-refractivity contribution in [3.63, 3.8) is 0 Å². The minimum Gasteiger partial charge on any atom is -0.478 e. The summed E-state index contributed by atoms with van der Waals surface area (Å²) in [6.07, 6.45) is 6.16. The molecule has 8 rings (SSSR count). The van der Waals surface area contributed by atoms with Crippen molar-refractivity contribution in [1.29, 1.82) is 0 Å². The molecule has 0 fully saturated rings. The third kappa shape index (κ3) is 31.5. The first-order valence-corrected chi connectivity index (χ1v) is 36.5. The number of carbonyl (C=O) groups excluding carboxylic acids is 2. The first kappa shape index (κ1) is 81.7. The van der Waals surface area contributed by atoms with Gasteiger partial charge in [0.1, 0.15) is 0 Å². The molecule has 0 aliphatic carbocycles. The van der Waals surface area contributed by atoms with Crippen molar-refractivity contribution in [3.05, 3.63) is 259 Å². The zero-order valence-corrected chi connectivity index (χ0v) is 61.1. The highest BCUT2D eigenvalue weighted by Gasteiger charge is 2.18. The van der Waals surface area contributed by atoms with Gasteiger partial charge in [0.05, 0.1) is 33.8 Å². The Balaban J connectivity index is 0.000000402. The van der Waals surface area contributed by atoms with Gasteiger partial charge in [-0.15, -0.1) is 0 Å². The fraction of sp³-hybridized carbons (Fsp3) is 0.174. The van der Waals surface area contributed by atoms with E-state index in [9.17, 15) is 48.1 Å². The number of benzene rings is 8. The van der Waals surface area contributed by atoms with Gasteiger partial charge >= 0.3 is 17.9 Å². The lowest BCUT2D eigenvalue weighted by Gasteiger charge is -2.10. The van der Waals surface area contributed by atoms with E-state index in [1.165, 1.54) is 80.0 Å². The molecule has 8 aromatic rings. The zero-order valence-electron chi connectivity index (χ0n) is 53.9. The average molecular weight is 1510 g/mol. The number of nitrogens with two attached hydrogens (primary N) is 1. The second-order valence-electron chi connectivity index (χ2n) is 20.1. The van der Waals surface area contributed by atoms with Crippen LogP contribution < -0.4 is 19.9 Å². The van der Waals surface area contributed by atoms with Crippen LogP contribution in [0.15, 0.2) is 223 Å². The summed E-state index contributed by atoms with van der Waals surface area (Å²) < 4.78 is 114. The number of carboxylic acids is 1. The molecule has 0 unspecified atom stereocenters. The van der Waals surface area contributed by atoms with E-state index in [1.54, 1.807) is 84.9 Å². The van der Waals surface area contributed by atoms with Crippen LogP contribution in [-0.4, -0.2) is 70.9 Å². The number of methoxy groups -OCH3 is 2. The molecule has 0 bridgehead atoms. The molecular formula is C69H77Br2ClN4O14S4. The van der Waals surface area contributed by atoms with Crippen LogP contribution in [0.4, 0.5) is 22.7 Å². The molecule has 25 heteroatoms. The molecule has 0 heterocycles. The zero-order chi connectivity index (χ0) is 71.1. The molecular weight excluding hydrogens is 1430 g/mol. The lowest BCUT2D eigenvalue weighted by atomic mass is 10.1. The summed E-state index contributed by atoms with van der Waals surface area (Å²) in [5.41, 5.74) is 17.5. The van der Waals surface area contributed by atoms with Gasteiger partial charge in [-0.2, -0.15) is 0 Å². The van der Waals surface area contributed by atoms with Gasteiger partial charge in [-0.1, -0.05) is 113 Å². The maximum absolute atomic E-state index is 12.5.